The number of esters is 1. The zero-order chi connectivity index (χ0) is 13.1. The Labute approximate surface area is 118 Å². The third-order valence-electron chi connectivity index (χ3n) is 2.45. The molecule has 5 heteroatoms. The van der Waals surface area contributed by atoms with Crippen LogP contribution in [0.2, 0.25) is 0 Å². The largest absolute Gasteiger partial charge is 0.462 e. The highest BCUT2D eigenvalue weighted by atomic mass is 79.9. The Morgan fingerprint density at radius 3 is 2.67 bits per heavy atom. The molecule has 0 aliphatic rings. The van der Waals surface area contributed by atoms with Crippen LogP contribution in [0, 0.1) is 6.92 Å². The molecular formula is C13H12BrNO2S. The Balaban J connectivity index is 2.45. The second-order valence-corrected chi connectivity index (χ2v) is 5.39. The molecule has 2 rings (SSSR count). The Morgan fingerprint density at radius 1 is 1.39 bits per heavy atom. The molecule has 1 aromatic heterocycles. The maximum Gasteiger partial charge on any atom is 0.341 e. The second kappa shape index (κ2) is 5.63. The summed E-state index contributed by atoms with van der Waals surface area (Å²) in [5.74, 6) is -0.304. The molecule has 0 aliphatic carbocycles. The number of hydrogen-bond donors (Lipinski definition) is 0. The van der Waals surface area contributed by atoms with Crippen molar-refractivity contribution >= 4 is 33.4 Å². The summed E-state index contributed by atoms with van der Waals surface area (Å²) in [6.45, 7) is 3.99. The lowest BCUT2D eigenvalue weighted by Gasteiger charge is -2.04. The molecule has 2 aromatic rings. The van der Waals surface area contributed by atoms with Crippen molar-refractivity contribution in [2.24, 2.45) is 0 Å². The van der Waals surface area contributed by atoms with Crippen molar-refractivity contribution in [1.29, 1.82) is 0 Å². The highest BCUT2D eigenvalue weighted by Crippen LogP contribution is 2.31. The van der Waals surface area contributed by atoms with Gasteiger partial charge in [0, 0.05) is 4.47 Å². The van der Waals surface area contributed by atoms with Crippen LogP contribution in [-0.4, -0.2) is 16.9 Å². The van der Waals surface area contributed by atoms with Crippen LogP contribution in [0.3, 0.4) is 0 Å². The Hall–Kier alpha value is -1.20. The normalized spacial score (nSPS) is 10.4. The lowest BCUT2D eigenvalue weighted by atomic mass is 10.1. The molecule has 0 amide bonds. The number of ether oxygens (including phenoxy) is 1. The van der Waals surface area contributed by atoms with Crippen LogP contribution in [0.1, 0.15) is 23.0 Å². The topological polar surface area (TPSA) is 39.2 Å². The fourth-order valence-corrected chi connectivity index (χ4v) is 2.76. The first-order chi connectivity index (χ1) is 8.63. The molecule has 94 valence electrons. The number of carbonyl (C=O) groups excluding carboxylic acids is 1. The van der Waals surface area contributed by atoms with E-state index in [1.165, 1.54) is 11.5 Å². The summed E-state index contributed by atoms with van der Waals surface area (Å²) >= 11 is 4.71. The van der Waals surface area contributed by atoms with Gasteiger partial charge in [0.05, 0.1) is 17.2 Å². The zero-order valence-electron chi connectivity index (χ0n) is 10.1. The van der Waals surface area contributed by atoms with E-state index in [0.717, 1.165) is 20.6 Å². The van der Waals surface area contributed by atoms with Gasteiger partial charge in [0.25, 0.3) is 0 Å². The number of hydrogen-bond acceptors (Lipinski definition) is 4. The molecule has 1 aromatic carbocycles. The molecule has 1 heterocycles. The van der Waals surface area contributed by atoms with Crippen LogP contribution in [0.15, 0.2) is 28.7 Å². The van der Waals surface area contributed by atoms with Gasteiger partial charge in [0.1, 0.15) is 5.56 Å². The zero-order valence-corrected chi connectivity index (χ0v) is 12.5. The lowest BCUT2D eigenvalue weighted by molar-refractivity contribution is 0.0526. The van der Waals surface area contributed by atoms with Gasteiger partial charge in [0.15, 0.2) is 0 Å². The Bertz CT molecular complexity index is 563. The van der Waals surface area contributed by atoms with Gasteiger partial charge in [-0.2, -0.15) is 4.37 Å². The smallest absolute Gasteiger partial charge is 0.341 e. The predicted molar refractivity (Wildman–Crippen MR) is 75.9 cm³/mol. The van der Waals surface area contributed by atoms with E-state index in [2.05, 4.69) is 20.3 Å². The summed E-state index contributed by atoms with van der Waals surface area (Å²) in [6, 6.07) is 7.80. The summed E-state index contributed by atoms with van der Waals surface area (Å²) < 4.78 is 10.3. The molecule has 0 saturated heterocycles. The summed E-state index contributed by atoms with van der Waals surface area (Å²) in [5.41, 5.74) is 2.27. The van der Waals surface area contributed by atoms with Gasteiger partial charge >= 0.3 is 5.97 Å². The predicted octanol–water partition coefficient (Wildman–Crippen LogP) is 4.06. The quantitative estimate of drug-likeness (QED) is 0.799. The fourth-order valence-electron chi connectivity index (χ4n) is 1.61. The van der Waals surface area contributed by atoms with Crippen molar-refractivity contribution in [3.05, 3.63) is 40.0 Å². The van der Waals surface area contributed by atoms with Crippen LogP contribution in [0.4, 0.5) is 0 Å². The van der Waals surface area contributed by atoms with Gasteiger partial charge in [-0.3, -0.25) is 0 Å². The summed E-state index contributed by atoms with van der Waals surface area (Å²) in [6.07, 6.45) is 0. The fraction of sp³-hybridized carbons (Fsp3) is 0.231. The third-order valence-corrected chi connectivity index (χ3v) is 3.96. The van der Waals surface area contributed by atoms with Gasteiger partial charge in [-0.25, -0.2) is 4.79 Å². The van der Waals surface area contributed by atoms with Gasteiger partial charge in [-0.15, -0.1) is 0 Å². The minimum atomic E-state index is -0.304. The van der Waals surface area contributed by atoms with Gasteiger partial charge < -0.3 is 4.74 Å². The molecule has 0 saturated carbocycles. The first kappa shape index (κ1) is 13.2. The van der Waals surface area contributed by atoms with Crippen LogP contribution < -0.4 is 0 Å². The van der Waals surface area contributed by atoms with E-state index in [0.29, 0.717) is 12.2 Å². The molecule has 0 atom stereocenters. The summed E-state index contributed by atoms with van der Waals surface area (Å²) in [7, 11) is 0. The van der Waals surface area contributed by atoms with Gasteiger partial charge in [-0.05, 0) is 43.1 Å². The van der Waals surface area contributed by atoms with Crippen LogP contribution >= 0.6 is 27.5 Å². The maximum atomic E-state index is 11.9. The molecule has 0 aliphatic heterocycles. The standard InChI is InChI=1S/C13H12BrNO2S/c1-3-17-13(16)11-8(2)15-18-12(11)9-4-6-10(14)7-5-9/h4-7H,3H2,1-2H3. The van der Waals surface area contributed by atoms with Crippen LogP contribution in [-0.2, 0) is 4.74 Å². The minimum Gasteiger partial charge on any atom is -0.462 e. The molecule has 0 N–H and O–H groups in total. The number of carbonyl (C=O) groups is 1. The second-order valence-electron chi connectivity index (χ2n) is 3.70. The molecule has 0 unspecified atom stereocenters. The van der Waals surface area contributed by atoms with Crippen LogP contribution in [0.5, 0.6) is 0 Å². The molecule has 0 bridgehead atoms. The van der Waals surface area contributed by atoms with Crippen molar-refractivity contribution in [3.8, 4) is 10.4 Å². The number of rotatable bonds is 3. The number of benzene rings is 1. The molecule has 0 spiro atoms. The molecule has 18 heavy (non-hydrogen) atoms. The number of nitrogens with zero attached hydrogens (tertiary/aromatic N) is 1. The summed E-state index contributed by atoms with van der Waals surface area (Å²) in [4.78, 5) is 12.8. The van der Waals surface area contributed by atoms with E-state index < -0.39 is 0 Å². The van der Waals surface area contributed by atoms with E-state index in [4.69, 9.17) is 4.74 Å². The highest BCUT2D eigenvalue weighted by Gasteiger charge is 2.20. The average molecular weight is 326 g/mol. The first-order valence-corrected chi connectivity index (χ1v) is 7.09. The van der Waals surface area contributed by atoms with Crippen molar-refractivity contribution < 1.29 is 9.53 Å². The minimum absolute atomic E-state index is 0.304. The molecule has 3 nitrogen and oxygen atoms in total. The van der Waals surface area contributed by atoms with E-state index in [-0.39, 0.29) is 5.97 Å². The molecule has 0 fully saturated rings. The van der Waals surface area contributed by atoms with Crippen molar-refractivity contribution in [1.82, 2.24) is 4.37 Å². The number of aryl methyl sites for hydroxylation is 1. The van der Waals surface area contributed by atoms with Crippen molar-refractivity contribution in [2.75, 3.05) is 6.61 Å². The molecular weight excluding hydrogens is 314 g/mol. The monoisotopic (exact) mass is 325 g/mol. The lowest BCUT2D eigenvalue weighted by Crippen LogP contribution is -2.06. The average Bonchev–Trinajstić information content (AvgIpc) is 2.72. The van der Waals surface area contributed by atoms with Crippen molar-refractivity contribution in [3.63, 3.8) is 0 Å². The van der Waals surface area contributed by atoms with E-state index in [9.17, 15) is 4.79 Å². The number of aromatic nitrogens is 1. The Morgan fingerprint density at radius 2 is 2.06 bits per heavy atom. The summed E-state index contributed by atoms with van der Waals surface area (Å²) in [5, 5.41) is 0. The Kier molecular flexibility index (Phi) is 4.14. The number of halogens is 1. The highest BCUT2D eigenvalue weighted by molar-refractivity contribution is 9.10. The maximum absolute atomic E-state index is 11.9. The van der Waals surface area contributed by atoms with E-state index in [1.807, 2.05) is 31.2 Å². The SMILES string of the molecule is CCOC(=O)c1c(C)nsc1-c1ccc(Br)cc1. The first-order valence-electron chi connectivity index (χ1n) is 5.52. The van der Waals surface area contributed by atoms with E-state index >= 15 is 0 Å². The van der Waals surface area contributed by atoms with E-state index in [1.54, 1.807) is 6.92 Å². The van der Waals surface area contributed by atoms with Crippen molar-refractivity contribution in [2.45, 2.75) is 13.8 Å². The third kappa shape index (κ3) is 2.62. The van der Waals surface area contributed by atoms with Gasteiger partial charge in [-0.1, -0.05) is 28.1 Å². The molecule has 0 radical (unpaired) electrons. The van der Waals surface area contributed by atoms with Gasteiger partial charge in [0.2, 0.25) is 0 Å². The van der Waals surface area contributed by atoms with Crippen LogP contribution in [0.25, 0.3) is 10.4 Å².